The van der Waals surface area contributed by atoms with Gasteiger partial charge in [-0.15, -0.1) is 0 Å². The summed E-state index contributed by atoms with van der Waals surface area (Å²) in [6, 6.07) is 10.8. The lowest BCUT2D eigenvalue weighted by molar-refractivity contribution is -0.124. The van der Waals surface area contributed by atoms with E-state index in [1.165, 1.54) is 24.3 Å². The number of imide groups is 1. The van der Waals surface area contributed by atoms with Gasteiger partial charge in [0, 0.05) is 13.1 Å². The molecule has 29 heavy (non-hydrogen) atoms. The van der Waals surface area contributed by atoms with Crippen LogP contribution in [0.3, 0.4) is 0 Å². The van der Waals surface area contributed by atoms with E-state index in [1.807, 2.05) is 0 Å². The molecule has 1 saturated heterocycles. The second-order valence-electron chi connectivity index (χ2n) is 6.13. The van der Waals surface area contributed by atoms with E-state index in [0.717, 1.165) is 16.7 Å². The van der Waals surface area contributed by atoms with Crippen molar-refractivity contribution in [1.82, 2.24) is 10.2 Å². The molecule has 0 aromatic heterocycles. The molecule has 0 saturated carbocycles. The number of hydrogen-bond acceptors (Lipinski definition) is 4. The minimum atomic E-state index is -0.463. The van der Waals surface area contributed by atoms with E-state index in [4.69, 9.17) is 23.2 Å². The van der Waals surface area contributed by atoms with Crippen LogP contribution in [0.2, 0.25) is 10.0 Å². The van der Waals surface area contributed by atoms with Gasteiger partial charge in [0.25, 0.3) is 11.1 Å². The molecule has 9 heteroatoms. The Hall–Kier alpha value is -2.35. The molecule has 0 radical (unpaired) electrons. The third-order valence-electron chi connectivity index (χ3n) is 4.05. The Kier molecular flexibility index (Phi) is 6.95. The van der Waals surface area contributed by atoms with Gasteiger partial charge in [0.05, 0.1) is 21.4 Å². The number of carbonyl (C=O) groups is 3. The number of nitrogens with one attached hydrogen (secondary N) is 1. The second-order valence-corrected chi connectivity index (χ2v) is 7.91. The number of carbonyl (C=O) groups excluding carboxylic acids is 3. The molecule has 5 nitrogen and oxygen atoms in total. The van der Waals surface area contributed by atoms with Gasteiger partial charge in [-0.2, -0.15) is 0 Å². The van der Waals surface area contributed by atoms with E-state index in [-0.39, 0.29) is 30.3 Å². The Morgan fingerprint density at radius 1 is 1.17 bits per heavy atom. The fraction of sp³-hybridized carbons (Fsp3) is 0.150. The molecule has 0 spiro atoms. The summed E-state index contributed by atoms with van der Waals surface area (Å²) in [4.78, 5) is 37.9. The minimum absolute atomic E-state index is 0.00677. The van der Waals surface area contributed by atoms with Crippen LogP contribution in [0.4, 0.5) is 9.18 Å². The zero-order valence-corrected chi connectivity index (χ0v) is 17.3. The van der Waals surface area contributed by atoms with E-state index >= 15 is 0 Å². The Bertz CT molecular complexity index is 1010. The highest BCUT2D eigenvalue weighted by molar-refractivity contribution is 8.18. The smallest absolute Gasteiger partial charge is 0.293 e. The monoisotopic (exact) mass is 452 g/mol. The Morgan fingerprint density at radius 3 is 2.69 bits per heavy atom. The maximum absolute atomic E-state index is 13.2. The third-order valence-corrected chi connectivity index (χ3v) is 5.79. The molecule has 3 amide bonds. The Balaban J connectivity index is 1.57. The maximum Gasteiger partial charge on any atom is 0.293 e. The number of rotatable bonds is 6. The molecule has 1 heterocycles. The number of thioether (sulfide) groups is 1. The predicted octanol–water partition coefficient (Wildman–Crippen LogP) is 4.53. The summed E-state index contributed by atoms with van der Waals surface area (Å²) in [6.45, 7) is 0.123. The SMILES string of the molecule is O=C(Cc1cccc(F)c1)NCCN1C(=O)S/C(=C\c2cccc(Cl)c2Cl)C1=O. The average Bonchev–Trinajstić information content (AvgIpc) is 2.93. The van der Waals surface area contributed by atoms with Gasteiger partial charge >= 0.3 is 0 Å². The summed E-state index contributed by atoms with van der Waals surface area (Å²) in [7, 11) is 0. The number of amides is 3. The van der Waals surface area contributed by atoms with Crippen LogP contribution >= 0.6 is 35.0 Å². The molecule has 150 valence electrons. The lowest BCUT2D eigenvalue weighted by Crippen LogP contribution is -2.37. The van der Waals surface area contributed by atoms with Crippen molar-refractivity contribution in [3.8, 4) is 0 Å². The summed E-state index contributed by atoms with van der Waals surface area (Å²) in [5, 5.41) is 2.84. The van der Waals surface area contributed by atoms with Gasteiger partial charge in [0.1, 0.15) is 5.82 Å². The molecule has 0 aliphatic carbocycles. The zero-order chi connectivity index (χ0) is 21.0. The molecular weight excluding hydrogens is 438 g/mol. The quantitative estimate of drug-likeness (QED) is 0.653. The van der Waals surface area contributed by atoms with Gasteiger partial charge in [-0.3, -0.25) is 19.3 Å². The molecule has 1 aliphatic heterocycles. The highest BCUT2D eigenvalue weighted by Gasteiger charge is 2.34. The summed E-state index contributed by atoms with van der Waals surface area (Å²) >= 11 is 12.9. The van der Waals surface area contributed by atoms with E-state index in [2.05, 4.69) is 5.32 Å². The first-order chi connectivity index (χ1) is 13.8. The zero-order valence-electron chi connectivity index (χ0n) is 15.0. The van der Waals surface area contributed by atoms with Gasteiger partial charge in [-0.1, -0.05) is 47.5 Å². The number of benzene rings is 2. The van der Waals surface area contributed by atoms with Gasteiger partial charge in [-0.05, 0) is 47.2 Å². The van der Waals surface area contributed by atoms with Crippen LogP contribution in [0, 0.1) is 5.82 Å². The van der Waals surface area contributed by atoms with E-state index in [1.54, 1.807) is 24.3 Å². The first-order valence-corrected chi connectivity index (χ1v) is 10.1. The van der Waals surface area contributed by atoms with Crippen molar-refractivity contribution in [1.29, 1.82) is 0 Å². The predicted molar refractivity (Wildman–Crippen MR) is 112 cm³/mol. The molecule has 0 unspecified atom stereocenters. The maximum atomic E-state index is 13.2. The standard InChI is InChI=1S/C20H15Cl2FN2O3S/c21-15-6-2-4-13(18(15)22)11-16-19(27)25(20(28)29-16)8-7-24-17(26)10-12-3-1-5-14(23)9-12/h1-6,9,11H,7-8,10H2,(H,24,26)/b16-11-. The van der Waals surface area contributed by atoms with Crippen LogP contribution in [0.25, 0.3) is 6.08 Å². The van der Waals surface area contributed by atoms with Crippen molar-refractivity contribution in [3.05, 3.63) is 74.4 Å². The fourth-order valence-electron chi connectivity index (χ4n) is 2.67. The molecule has 3 rings (SSSR count). The van der Waals surface area contributed by atoms with Crippen molar-refractivity contribution < 1.29 is 18.8 Å². The van der Waals surface area contributed by atoms with Gasteiger partial charge in [0.2, 0.25) is 5.91 Å². The Labute approximate surface area is 180 Å². The summed E-state index contributed by atoms with van der Waals surface area (Å²) in [6.07, 6.45) is 1.52. The normalized spacial score (nSPS) is 15.3. The lowest BCUT2D eigenvalue weighted by atomic mass is 10.1. The van der Waals surface area contributed by atoms with Crippen molar-refractivity contribution >= 4 is 58.1 Å². The molecule has 1 fully saturated rings. The van der Waals surface area contributed by atoms with Gasteiger partial charge in [0.15, 0.2) is 0 Å². The second kappa shape index (κ2) is 9.43. The van der Waals surface area contributed by atoms with E-state index in [0.29, 0.717) is 21.2 Å². The largest absolute Gasteiger partial charge is 0.354 e. The van der Waals surface area contributed by atoms with Gasteiger partial charge in [-0.25, -0.2) is 4.39 Å². The lowest BCUT2D eigenvalue weighted by Gasteiger charge is -2.13. The minimum Gasteiger partial charge on any atom is -0.354 e. The van der Waals surface area contributed by atoms with Crippen LogP contribution in [-0.4, -0.2) is 35.0 Å². The molecule has 2 aromatic rings. The van der Waals surface area contributed by atoms with Crippen LogP contribution in [0.5, 0.6) is 0 Å². The van der Waals surface area contributed by atoms with Crippen LogP contribution in [0.15, 0.2) is 47.4 Å². The van der Waals surface area contributed by atoms with Crippen LogP contribution < -0.4 is 5.32 Å². The van der Waals surface area contributed by atoms with Crippen molar-refractivity contribution in [2.45, 2.75) is 6.42 Å². The summed E-state index contributed by atoms with van der Waals surface area (Å²) < 4.78 is 13.2. The highest BCUT2D eigenvalue weighted by Crippen LogP contribution is 2.34. The topological polar surface area (TPSA) is 66.5 Å². The van der Waals surface area contributed by atoms with Crippen molar-refractivity contribution in [2.75, 3.05) is 13.1 Å². The Morgan fingerprint density at radius 2 is 1.93 bits per heavy atom. The van der Waals surface area contributed by atoms with Crippen LogP contribution in [0.1, 0.15) is 11.1 Å². The summed E-state index contributed by atoms with van der Waals surface area (Å²) in [5.74, 6) is -1.21. The van der Waals surface area contributed by atoms with Crippen LogP contribution in [-0.2, 0) is 16.0 Å². The number of nitrogens with zero attached hydrogens (tertiary/aromatic N) is 1. The molecule has 0 bridgehead atoms. The molecule has 1 N–H and O–H groups in total. The summed E-state index contributed by atoms with van der Waals surface area (Å²) in [5.41, 5.74) is 1.07. The molecule has 0 atom stereocenters. The first-order valence-electron chi connectivity index (χ1n) is 8.55. The van der Waals surface area contributed by atoms with Gasteiger partial charge < -0.3 is 5.32 Å². The first kappa shape index (κ1) is 21.4. The van der Waals surface area contributed by atoms with Crippen molar-refractivity contribution in [3.63, 3.8) is 0 Å². The number of hydrogen-bond donors (Lipinski definition) is 1. The van der Waals surface area contributed by atoms with E-state index < -0.39 is 17.0 Å². The van der Waals surface area contributed by atoms with Crippen molar-refractivity contribution in [2.24, 2.45) is 0 Å². The number of halogens is 3. The fourth-order valence-corrected chi connectivity index (χ4v) is 3.89. The average molecular weight is 453 g/mol. The molecule has 1 aliphatic rings. The van der Waals surface area contributed by atoms with E-state index in [9.17, 15) is 18.8 Å². The highest BCUT2D eigenvalue weighted by atomic mass is 35.5. The molecule has 2 aromatic carbocycles. The molecular formula is C20H15Cl2FN2O3S. The third kappa shape index (κ3) is 5.38.